The van der Waals surface area contributed by atoms with Crippen LogP contribution in [0.1, 0.15) is 66.4 Å². The van der Waals surface area contributed by atoms with Gasteiger partial charge in [-0.2, -0.15) is 0 Å². The Balaban J connectivity index is 0.00000684. The van der Waals surface area contributed by atoms with Crippen LogP contribution in [0.3, 0.4) is 0 Å². The lowest BCUT2D eigenvalue weighted by Crippen LogP contribution is -2.40. The maximum absolute atomic E-state index is 9.53. The molecule has 0 saturated heterocycles. The second-order valence-corrected chi connectivity index (χ2v) is 10.2. The van der Waals surface area contributed by atoms with Gasteiger partial charge in [0, 0.05) is 77.3 Å². The quantitative estimate of drug-likeness (QED) is 0.165. The maximum atomic E-state index is 9.53. The number of aliphatic hydroxyl groups is 1. The minimum Gasteiger partial charge on any atom is -0.513 e. The number of hydrogen-bond acceptors (Lipinski definition) is 6. The summed E-state index contributed by atoms with van der Waals surface area (Å²) in [5.41, 5.74) is 5.63. The van der Waals surface area contributed by atoms with Crippen LogP contribution >= 0.6 is 0 Å². The Morgan fingerprint density at radius 1 is 1.24 bits per heavy atom. The molecule has 0 spiro atoms. The van der Waals surface area contributed by atoms with Gasteiger partial charge >= 0.3 is 0 Å². The van der Waals surface area contributed by atoms with E-state index in [0.717, 1.165) is 56.9 Å². The molecular formula is C31H54N2O4. The molecule has 0 fully saturated rings. The lowest BCUT2D eigenvalue weighted by Gasteiger charge is -2.44. The number of fused-ring (bicyclic) bond motifs is 1. The third-order valence-electron chi connectivity index (χ3n) is 6.92. The van der Waals surface area contributed by atoms with E-state index in [4.69, 9.17) is 14.2 Å². The molecule has 1 heterocycles. The number of unbranched alkanes of at least 4 members (excludes halogenated alkanes) is 1. The minimum absolute atomic E-state index is 0. The summed E-state index contributed by atoms with van der Waals surface area (Å²) in [6.07, 6.45) is 7.22. The molecule has 37 heavy (non-hydrogen) atoms. The Labute approximate surface area is 227 Å². The SMILES string of the molecule is C.C=Cc1cc2c(cc1NCCOCC/C(O)=C\C)C(=C)C(C)(CC(C)COCCCCOC)CN2C.[HH]. The average Bonchev–Trinajstić information content (AvgIpc) is 2.86. The molecule has 1 aromatic rings. The van der Waals surface area contributed by atoms with E-state index in [2.05, 4.69) is 56.4 Å². The van der Waals surface area contributed by atoms with Crippen LogP contribution < -0.4 is 10.2 Å². The van der Waals surface area contributed by atoms with Crippen molar-refractivity contribution in [2.24, 2.45) is 11.3 Å². The Morgan fingerprint density at radius 2 is 1.97 bits per heavy atom. The fraction of sp³-hybridized carbons (Fsp3) is 0.613. The summed E-state index contributed by atoms with van der Waals surface area (Å²) in [6.45, 7) is 20.0. The predicted molar refractivity (Wildman–Crippen MR) is 162 cm³/mol. The van der Waals surface area contributed by atoms with Crippen molar-refractivity contribution >= 4 is 23.0 Å². The minimum atomic E-state index is -0.0363. The highest BCUT2D eigenvalue weighted by molar-refractivity contribution is 5.87. The number of ether oxygens (including phenoxy) is 3. The Morgan fingerprint density at radius 3 is 2.65 bits per heavy atom. The van der Waals surface area contributed by atoms with E-state index in [-0.39, 0.29) is 14.3 Å². The first-order valence-corrected chi connectivity index (χ1v) is 13.2. The molecule has 1 aromatic carbocycles. The van der Waals surface area contributed by atoms with E-state index in [9.17, 15) is 5.11 Å². The van der Waals surface area contributed by atoms with Crippen molar-refractivity contribution in [3.05, 3.63) is 48.3 Å². The maximum Gasteiger partial charge on any atom is 0.0903 e. The first-order valence-electron chi connectivity index (χ1n) is 13.2. The molecule has 0 aliphatic carbocycles. The third-order valence-corrected chi connectivity index (χ3v) is 6.92. The van der Waals surface area contributed by atoms with Crippen molar-refractivity contribution in [1.82, 2.24) is 0 Å². The van der Waals surface area contributed by atoms with E-state index < -0.39 is 0 Å². The summed E-state index contributed by atoms with van der Waals surface area (Å²) < 4.78 is 16.7. The van der Waals surface area contributed by atoms with Crippen LogP contribution in [-0.4, -0.2) is 65.4 Å². The lowest BCUT2D eigenvalue weighted by molar-refractivity contribution is 0.0840. The van der Waals surface area contributed by atoms with Crippen LogP contribution in [0, 0.1) is 11.3 Å². The van der Waals surface area contributed by atoms with Crippen molar-refractivity contribution in [2.75, 3.05) is 70.5 Å². The zero-order chi connectivity index (χ0) is 26.6. The van der Waals surface area contributed by atoms with Gasteiger partial charge in [0.2, 0.25) is 0 Å². The molecule has 0 saturated carbocycles. The van der Waals surface area contributed by atoms with Gasteiger partial charge in [-0.3, -0.25) is 0 Å². The van der Waals surface area contributed by atoms with E-state index in [1.54, 1.807) is 13.2 Å². The number of benzene rings is 1. The molecule has 2 N–H and O–H groups in total. The van der Waals surface area contributed by atoms with Crippen LogP contribution in [0.4, 0.5) is 11.4 Å². The van der Waals surface area contributed by atoms with Crippen LogP contribution in [-0.2, 0) is 14.2 Å². The van der Waals surface area contributed by atoms with Gasteiger partial charge in [0.15, 0.2) is 0 Å². The van der Waals surface area contributed by atoms with Gasteiger partial charge in [-0.15, -0.1) is 0 Å². The van der Waals surface area contributed by atoms with Gasteiger partial charge < -0.3 is 29.5 Å². The molecule has 2 rings (SSSR count). The third kappa shape index (κ3) is 9.84. The van der Waals surface area contributed by atoms with Gasteiger partial charge in [-0.05, 0) is 61.4 Å². The molecule has 2 unspecified atom stereocenters. The van der Waals surface area contributed by atoms with Crippen molar-refractivity contribution in [3.8, 4) is 0 Å². The summed E-state index contributed by atoms with van der Waals surface area (Å²) in [6, 6.07) is 4.41. The zero-order valence-corrected chi connectivity index (χ0v) is 23.2. The van der Waals surface area contributed by atoms with Crippen LogP contribution in [0.25, 0.3) is 11.6 Å². The lowest BCUT2D eigenvalue weighted by atomic mass is 9.70. The number of anilines is 2. The number of methoxy groups -OCH3 is 1. The molecule has 212 valence electrons. The molecule has 6 heteroatoms. The molecule has 2 atom stereocenters. The molecule has 0 radical (unpaired) electrons. The van der Waals surface area contributed by atoms with E-state index in [1.807, 2.05) is 13.0 Å². The average molecular weight is 519 g/mol. The summed E-state index contributed by atoms with van der Waals surface area (Å²) in [7, 11) is 3.90. The summed E-state index contributed by atoms with van der Waals surface area (Å²) in [4.78, 5) is 2.34. The second-order valence-electron chi connectivity index (χ2n) is 10.2. The molecule has 6 nitrogen and oxygen atoms in total. The van der Waals surface area contributed by atoms with Crippen molar-refractivity contribution in [1.29, 1.82) is 0 Å². The predicted octanol–water partition coefficient (Wildman–Crippen LogP) is 7.43. The van der Waals surface area contributed by atoms with E-state index in [1.165, 1.54) is 16.8 Å². The summed E-state index contributed by atoms with van der Waals surface area (Å²) >= 11 is 0. The number of aliphatic hydroxyl groups excluding tert-OH is 1. The van der Waals surface area contributed by atoms with Crippen LogP contribution in [0.5, 0.6) is 0 Å². The van der Waals surface area contributed by atoms with Crippen LogP contribution in [0.2, 0.25) is 0 Å². The van der Waals surface area contributed by atoms with E-state index >= 15 is 0 Å². The van der Waals surface area contributed by atoms with Gasteiger partial charge in [0.1, 0.15) is 0 Å². The largest absolute Gasteiger partial charge is 0.513 e. The fourth-order valence-corrected chi connectivity index (χ4v) is 4.94. The molecule has 0 aromatic heterocycles. The Hall–Kier alpha value is -2.28. The topological polar surface area (TPSA) is 63.2 Å². The summed E-state index contributed by atoms with van der Waals surface area (Å²) in [5, 5.41) is 13.0. The van der Waals surface area contributed by atoms with Crippen molar-refractivity contribution < 1.29 is 20.7 Å². The van der Waals surface area contributed by atoms with Crippen LogP contribution in [0.15, 0.2) is 37.1 Å². The first kappa shape index (κ1) is 32.7. The van der Waals surface area contributed by atoms with Crippen molar-refractivity contribution in [2.45, 2.75) is 53.9 Å². The molecule has 1 aliphatic rings. The van der Waals surface area contributed by atoms with Gasteiger partial charge in [0.25, 0.3) is 0 Å². The standard InChI is InChI=1S/C30H48N2O4.CH4.H2/c1-8-25-18-29-27(19-28(25)31-13-17-35-16-12-26(33)9-2)24(4)30(5,22-32(29)6)20-23(3)21-36-15-11-10-14-34-7;;/h8-9,18-19,23,31,33H,1,4,10-17,20-22H2,2-3,5-7H3;1H4;1H/b26-9+;;. The Bertz CT molecular complexity index is 889. The highest BCUT2D eigenvalue weighted by Crippen LogP contribution is 2.48. The zero-order valence-electron chi connectivity index (χ0n) is 23.2. The van der Waals surface area contributed by atoms with Gasteiger partial charge in [-0.1, -0.05) is 40.5 Å². The fourth-order valence-electron chi connectivity index (χ4n) is 4.94. The highest BCUT2D eigenvalue weighted by Gasteiger charge is 2.37. The number of rotatable bonds is 17. The Kier molecular flexibility index (Phi) is 14.6. The van der Waals surface area contributed by atoms with Gasteiger partial charge in [0.05, 0.1) is 19.0 Å². The second kappa shape index (κ2) is 16.5. The monoisotopic (exact) mass is 518 g/mol. The number of allylic oxidation sites excluding steroid dienone is 1. The molecule has 0 amide bonds. The highest BCUT2D eigenvalue weighted by atomic mass is 16.5. The van der Waals surface area contributed by atoms with E-state index in [0.29, 0.717) is 37.9 Å². The molecule has 1 aliphatic heterocycles. The number of nitrogens with zero attached hydrogens (tertiary/aromatic N) is 1. The number of nitrogens with one attached hydrogen (secondary N) is 1. The normalized spacial score (nSPS) is 18.2. The number of hydrogen-bond donors (Lipinski definition) is 2. The first-order chi connectivity index (χ1) is 17.3. The molecule has 0 bridgehead atoms. The smallest absolute Gasteiger partial charge is 0.0903 e. The molecular weight excluding hydrogens is 464 g/mol. The van der Waals surface area contributed by atoms with Gasteiger partial charge in [-0.25, -0.2) is 0 Å². The van der Waals surface area contributed by atoms with Crippen molar-refractivity contribution in [3.63, 3.8) is 0 Å². The summed E-state index contributed by atoms with van der Waals surface area (Å²) in [5.74, 6) is 0.800.